The second kappa shape index (κ2) is 9.78. The van der Waals surface area contributed by atoms with Crippen molar-refractivity contribution in [1.29, 1.82) is 0 Å². The van der Waals surface area contributed by atoms with E-state index in [-0.39, 0.29) is 23.8 Å². The molecule has 0 aromatic carbocycles. The van der Waals surface area contributed by atoms with Crippen molar-refractivity contribution in [3.8, 4) is 0 Å². The van der Waals surface area contributed by atoms with E-state index in [4.69, 9.17) is 9.47 Å². The second-order valence-electron chi connectivity index (χ2n) is 7.85. The molecule has 0 spiro atoms. The van der Waals surface area contributed by atoms with Crippen LogP contribution >= 0.6 is 0 Å². The molecule has 0 saturated carbocycles. The van der Waals surface area contributed by atoms with Crippen LogP contribution in [0, 0.1) is 5.92 Å². The van der Waals surface area contributed by atoms with Gasteiger partial charge in [-0.3, -0.25) is 9.59 Å². The topological polar surface area (TPSA) is 72.9 Å². The molecular formula is C19H33NO5. The van der Waals surface area contributed by atoms with Crippen LogP contribution in [0.4, 0.5) is 4.79 Å². The van der Waals surface area contributed by atoms with Crippen molar-refractivity contribution in [3.63, 3.8) is 0 Å². The number of hydrogen-bond donors (Lipinski definition) is 0. The van der Waals surface area contributed by atoms with E-state index in [1.165, 1.54) is 12.0 Å². The summed E-state index contributed by atoms with van der Waals surface area (Å²) < 4.78 is 10.2. The smallest absolute Gasteiger partial charge is 0.417 e. The van der Waals surface area contributed by atoms with E-state index < -0.39 is 11.7 Å². The summed E-state index contributed by atoms with van der Waals surface area (Å²) in [6, 6.07) is -0.113. The Balaban J connectivity index is 2.61. The summed E-state index contributed by atoms with van der Waals surface area (Å²) in [7, 11) is 1.40. The number of nitrogens with zero attached hydrogens (tertiary/aromatic N) is 1. The minimum atomic E-state index is -0.621. The molecule has 0 aromatic rings. The van der Waals surface area contributed by atoms with Crippen molar-refractivity contribution in [3.05, 3.63) is 0 Å². The number of unbranched alkanes of at least 4 members (excludes halogenated alkanes) is 1. The number of carbonyl (C=O) groups is 3. The van der Waals surface area contributed by atoms with Gasteiger partial charge in [0.25, 0.3) is 0 Å². The minimum Gasteiger partial charge on any atom is -0.469 e. The van der Waals surface area contributed by atoms with E-state index in [0.717, 1.165) is 44.9 Å². The second-order valence-corrected chi connectivity index (χ2v) is 7.85. The maximum Gasteiger partial charge on any atom is 0.417 e. The van der Waals surface area contributed by atoms with Crippen LogP contribution in [0.3, 0.4) is 0 Å². The summed E-state index contributed by atoms with van der Waals surface area (Å²) >= 11 is 0. The van der Waals surface area contributed by atoms with Gasteiger partial charge in [-0.05, 0) is 46.5 Å². The van der Waals surface area contributed by atoms with Crippen LogP contribution in [0.25, 0.3) is 0 Å². The lowest BCUT2D eigenvalue weighted by Gasteiger charge is -2.31. The van der Waals surface area contributed by atoms with Gasteiger partial charge in [0.1, 0.15) is 5.60 Å². The van der Waals surface area contributed by atoms with E-state index in [1.54, 1.807) is 20.8 Å². The lowest BCUT2D eigenvalue weighted by molar-refractivity contribution is -0.145. The SMILES string of the molecule is COC(=O)[C@H](C)CCCC[C@@H]1CCCCC(=O)N1C(=O)OC(C)(C)C. The molecular weight excluding hydrogens is 322 g/mol. The van der Waals surface area contributed by atoms with Crippen LogP contribution in [0.1, 0.15) is 79.1 Å². The van der Waals surface area contributed by atoms with Crippen LogP contribution in [0.2, 0.25) is 0 Å². The van der Waals surface area contributed by atoms with Gasteiger partial charge in [-0.15, -0.1) is 0 Å². The van der Waals surface area contributed by atoms with Gasteiger partial charge in [-0.2, -0.15) is 0 Å². The molecule has 0 N–H and O–H groups in total. The number of imide groups is 1. The zero-order chi connectivity index (χ0) is 19.0. The molecule has 1 aliphatic rings. The third-order valence-electron chi connectivity index (χ3n) is 4.43. The van der Waals surface area contributed by atoms with Crippen molar-refractivity contribution in [1.82, 2.24) is 4.90 Å². The van der Waals surface area contributed by atoms with Crippen LogP contribution in [-0.4, -0.2) is 41.6 Å². The standard InChI is InChI=1S/C19H33NO5/c1-14(17(22)24-5)10-6-7-11-15-12-8-9-13-16(21)20(15)18(23)25-19(2,3)4/h14-15H,6-13H2,1-5H3/t14-,15-/m1/s1. The number of esters is 1. The molecule has 25 heavy (non-hydrogen) atoms. The highest BCUT2D eigenvalue weighted by atomic mass is 16.6. The van der Waals surface area contributed by atoms with Crippen LogP contribution < -0.4 is 0 Å². The van der Waals surface area contributed by atoms with Gasteiger partial charge in [0.05, 0.1) is 13.0 Å². The summed E-state index contributed by atoms with van der Waals surface area (Å²) in [5.41, 5.74) is -0.621. The normalized spacial score (nSPS) is 20.0. The minimum absolute atomic E-state index is 0.113. The van der Waals surface area contributed by atoms with Gasteiger partial charge >= 0.3 is 12.1 Å². The first-order valence-corrected chi connectivity index (χ1v) is 9.28. The summed E-state index contributed by atoms with van der Waals surface area (Å²) in [4.78, 5) is 37.6. The molecule has 2 amide bonds. The van der Waals surface area contributed by atoms with Crippen molar-refractivity contribution < 1.29 is 23.9 Å². The summed E-state index contributed by atoms with van der Waals surface area (Å²) in [5.74, 6) is -0.456. The Kier molecular flexibility index (Phi) is 8.39. The first kappa shape index (κ1) is 21.5. The Morgan fingerprint density at radius 3 is 2.52 bits per heavy atom. The van der Waals surface area contributed by atoms with Gasteiger partial charge in [0.15, 0.2) is 0 Å². The van der Waals surface area contributed by atoms with Gasteiger partial charge in [0, 0.05) is 12.5 Å². The van der Waals surface area contributed by atoms with Crippen LogP contribution in [-0.2, 0) is 19.1 Å². The summed E-state index contributed by atoms with van der Waals surface area (Å²) in [6.07, 6.45) is 5.65. The van der Waals surface area contributed by atoms with Crippen molar-refractivity contribution in [2.45, 2.75) is 90.7 Å². The Bertz CT molecular complexity index is 469. The molecule has 6 nitrogen and oxygen atoms in total. The van der Waals surface area contributed by atoms with Crippen molar-refractivity contribution in [2.75, 3.05) is 7.11 Å². The third kappa shape index (κ3) is 7.45. The molecule has 1 saturated heterocycles. The van der Waals surface area contributed by atoms with E-state index in [0.29, 0.717) is 6.42 Å². The molecule has 1 aliphatic heterocycles. The van der Waals surface area contributed by atoms with Gasteiger partial charge in [0.2, 0.25) is 5.91 Å². The van der Waals surface area contributed by atoms with Crippen LogP contribution in [0.15, 0.2) is 0 Å². The molecule has 0 aromatic heterocycles. The average molecular weight is 355 g/mol. The van der Waals surface area contributed by atoms with Crippen molar-refractivity contribution >= 4 is 18.0 Å². The van der Waals surface area contributed by atoms with E-state index in [1.807, 2.05) is 6.92 Å². The predicted molar refractivity (Wildman–Crippen MR) is 95.0 cm³/mol. The van der Waals surface area contributed by atoms with Gasteiger partial charge in [-0.25, -0.2) is 9.69 Å². The zero-order valence-electron chi connectivity index (χ0n) is 16.3. The lowest BCUT2D eigenvalue weighted by Crippen LogP contribution is -2.46. The van der Waals surface area contributed by atoms with Crippen LogP contribution in [0.5, 0.6) is 0 Å². The molecule has 1 rings (SSSR count). The fourth-order valence-corrected chi connectivity index (χ4v) is 3.09. The molecule has 0 radical (unpaired) electrons. The highest BCUT2D eigenvalue weighted by molar-refractivity contribution is 5.92. The zero-order valence-corrected chi connectivity index (χ0v) is 16.3. The van der Waals surface area contributed by atoms with Gasteiger partial charge < -0.3 is 9.47 Å². The number of methoxy groups -OCH3 is 1. The molecule has 144 valence electrons. The fraction of sp³-hybridized carbons (Fsp3) is 0.842. The first-order valence-electron chi connectivity index (χ1n) is 9.28. The van der Waals surface area contributed by atoms with E-state index in [9.17, 15) is 14.4 Å². The Morgan fingerprint density at radius 1 is 1.24 bits per heavy atom. The highest BCUT2D eigenvalue weighted by Gasteiger charge is 2.34. The van der Waals surface area contributed by atoms with Gasteiger partial charge in [-0.1, -0.05) is 26.2 Å². The molecule has 2 atom stereocenters. The Hall–Kier alpha value is -1.59. The average Bonchev–Trinajstić information content (AvgIpc) is 2.70. The number of rotatable bonds is 6. The molecule has 0 unspecified atom stereocenters. The third-order valence-corrected chi connectivity index (χ3v) is 4.43. The van der Waals surface area contributed by atoms with Crippen molar-refractivity contribution in [2.24, 2.45) is 5.92 Å². The number of ether oxygens (including phenoxy) is 2. The number of carbonyl (C=O) groups excluding carboxylic acids is 3. The predicted octanol–water partition coefficient (Wildman–Crippen LogP) is 4.06. The number of hydrogen-bond acceptors (Lipinski definition) is 5. The maximum atomic E-state index is 12.5. The highest BCUT2D eigenvalue weighted by Crippen LogP contribution is 2.25. The summed E-state index contributed by atoms with van der Waals surface area (Å²) in [6.45, 7) is 7.26. The molecule has 6 heteroatoms. The summed E-state index contributed by atoms with van der Waals surface area (Å²) in [5, 5.41) is 0. The fourth-order valence-electron chi connectivity index (χ4n) is 3.09. The molecule has 1 fully saturated rings. The lowest BCUT2D eigenvalue weighted by atomic mass is 9.99. The van der Waals surface area contributed by atoms with E-state index in [2.05, 4.69) is 0 Å². The van der Waals surface area contributed by atoms with E-state index >= 15 is 0 Å². The number of likely N-dealkylation sites (tertiary alicyclic amines) is 1. The largest absolute Gasteiger partial charge is 0.469 e. The molecule has 0 bridgehead atoms. The monoisotopic (exact) mass is 355 g/mol. The Labute approximate surface area is 151 Å². The molecule has 1 heterocycles. The quantitative estimate of drug-likeness (QED) is 0.530. The molecule has 0 aliphatic carbocycles. The maximum absolute atomic E-state index is 12.5. The number of amides is 2. The first-order chi connectivity index (χ1) is 11.7. The Morgan fingerprint density at radius 2 is 1.92 bits per heavy atom.